The number of aliphatic carboxylic acids is 3. The molecule has 5 amide bonds. The van der Waals surface area contributed by atoms with Gasteiger partial charge in [0.1, 0.15) is 24.2 Å². The first-order chi connectivity index (χ1) is 22.5. The summed E-state index contributed by atoms with van der Waals surface area (Å²) in [6.45, 7) is 0.284. The second-order valence-electron chi connectivity index (χ2n) is 10.8. The molecule has 0 aliphatic rings. The van der Waals surface area contributed by atoms with Crippen molar-refractivity contribution < 1.29 is 53.7 Å². The van der Waals surface area contributed by atoms with Gasteiger partial charge in [-0.05, 0) is 57.9 Å². The van der Waals surface area contributed by atoms with Gasteiger partial charge in [0.25, 0.3) is 0 Å². The monoisotopic (exact) mass is 688 g/mol. The molecular formula is C27H48N10O11. The average Bonchev–Trinajstić information content (AvgIpc) is 2.99. The van der Waals surface area contributed by atoms with Crippen LogP contribution in [-0.2, 0) is 38.4 Å². The third kappa shape index (κ3) is 19.5. The number of carbonyl (C=O) groups excluding carboxylic acids is 5. The highest BCUT2D eigenvalue weighted by molar-refractivity contribution is 5.95. The van der Waals surface area contributed by atoms with Crippen molar-refractivity contribution in [1.29, 1.82) is 0 Å². The van der Waals surface area contributed by atoms with E-state index in [-0.39, 0.29) is 57.6 Å². The average molecular weight is 689 g/mol. The number of nitrogens with one attached hydrogen (secondary N) is 4. The third-order valence-electron chi connectivity index (χ3n) is 6.74. The zero-order valence-electron chi connectivity index (χ0n) is 26.5. The molecular weight excluding hydrogens is 640 g/mol. The van der Waals surface area contributed by atoms with Crippen molar-refractivity contribution in [2.45, 2.75) is 101 Å². The van der Waals surface area contributed by atoms with Crippen molar-refractivity contribution in [2.75, 3.05) is 13.1 Å². The quantitative estimate of drug-likeness (QED) is 0.0231. The second-order valence-corrected chi connectivity index (χ2v) is 10.8. The number of carboxylic acid groups (broad SMARTS) is 3. The summed E-state index contributed by atoms with van der Waals surface area (Å²) in [5.74, 6) is -8.76. The van der Waals surface area contributed by atoms with E-state index in [1.807, 2.05) is 0 Å². The summed E-state index contributed by atoms with van der Waals surface area (Å²) in [5.41, 5.74) is 27.0. The van der Waals surface area contributed by atoms with Crippen molar-refractivity contribution >= 4 is 53.4 Å². The Morgan fingerprint density at radius 2 is 1.00 bits per heavy atom. The Kier molecular flexibility index (Phi) is 20.8. The highest BCUT2D eigenvalue weighted by atomic mass is 16.4. The van der Waals surface area contributed by atoms with Gasteiger partial charge in [-0.1, -0.05) is 0 Å². The van der Waals surface area contributed by atoms with E-state index in [1.54, 1.807) is 0 Å². The van der Waals surface area contributed by atoms with E-state index in [1.165, 1.54) is 0 Å². The summed E-state index contributed by atoms with van der Waals surface area (Å²) >= 11 is 0. The minimum Gasteiger partial charge on any atom is -0.481 e. The van der Waals surface area contributed by atoms with Crippen molar-refractivity contribution in [1.82, 2.24) is 21.3 Å². The van der Waals surface area contributed by atoms with E-state index in [0.717, 1.165) is 0 Å². The number of guanidine groups is 1. The van der Waals surface area contributed by atoms with Crippen molar-refractivity contribution in [3.63, 3.8) is 0 Å². The topological polar surface area (TPSA) is 388 Å². The Balaban J connectivity index is 6.11. The van der Waals surface area contributed by atoms with Crippen LogP contribution >= 0.6 is 0 Å². The van der Waals surface area contributed by atoms with Gasteiger partial charge in [-0.15, -0.1) is 0 Å². The van der Waals surface area contributed by atoms with Crippen molar-refractivity contribution in [3.05, 3.63) is 0 Å². The number of hydrogen-bond acceptors (Lipinski definition) is 11. The van der Waals surface area contributed by atoms with Gasteiger partial charge in [-0.3, -0.25) is 38.6 Å². The number of rotatable bonds is 26. The Bertz CT molecular complexity index is 1160. The molecule has 0 unspecified atom stereocenters. The van der Waals surface area contributed by atoms with Crippen LogP contribution in [-0.4, -0.2) is 112 Å². The third-order valence-corrected chi connectivity index (χ3v) is 6.74. The summed E-state index contributed by atoms with van der Waals surface area (Å²) in [5, 5.41) is 37.0. The van der Waals surface area contributed by atoms with Crippen LogP contribution < -0.4 is 49.9 Å². The molecule has 21 nitrogen and oxygen atoms in total. The fourth-order valence-electron chi connectivity index (χ4n) is 4.12. The van der Waals surface area contributed by atoms with Crippen LogP contribution in [0.3, 0.4) is 0 Å². The number of amides is 5. The van der Waals surface area contributed by atoms with E-state index in [4.69, 9.17) is 33.8 Å². The lowest BCUT2D eigenvalue weighted by molar-refractivity contribution is -0.142. The first-order valence-electron chi connectivity index (χ1n) is 15.2. The van der Waals surface area contributed by atoms with Gasteiger partial charge in [0.2, 0.25) is 29.5 Å². The lowest BCUT2D eigenvalue weighted by atomic mass is 10.0. The number of primary amides is 1. The molecule has 0 aromatic heterocycles. The number of carboxylic acids is 3. The largest absolute Gasteiger partial charge is 0.481 e. The second kappa shape index (κ2) is 23.3. The SMILES string of the molecule is NCCCC[C@H](NC(=O)[C@@H](N)CCC(=O)O)C(=O)N[C@@H](CCC(=O)O)C(=O)N[C@@H](CCCN=C(N)N)C(=O)N[C@@H](CCC(N)=O)C(=O)O. The first kappa shape index (κ1) is 43.0. The molecule has 0 radical (unpaired) electrons. The molecule has 0 saturated carbocycles. The predicted molar refractivity (Wildman–Crippen MR) is 168 cm³/mol. The lowest BCUT2D eigenvalue weighted by Gasteiger charge is -2.26. The Hall–Kier alpha value is -5.05. The highest BCUT2D eigenvalue weighted by Gasteiger charge is 2.32. The molecule has 0 saturated heterocycles. The van der Waals surface area contributed by atoms with E-state index in [9.17, 15) is 48.6 Å². The summed E-state index contributed by atoms with van der Waals surface area (Å²) in [6.07, 6.45) is -1.58. The van der Waals surface area contributed by atoms with Crippen molar-refractivity contribution in [3.8, 4) is 0 Å². The number of aliphatic imine (C=N–C) groups is 1. The van der Waals surface area contributed by atoms with Gasteiger partial charge in [0.15, 0.2) is 5.96 Å². The van der Waals surface area contributed by atoms with Crippen LogP contribution in [0.5, 0.6) is 0 Å². The number of nitrogens with two attached hydrogens (primary N) is 5. The molecule has 0 aliphatic heterocycles. The highest BCUT2D eigenvalue weighted by Crippen LogP contribution is 2.08. The fourth-order valence-corrected chi connectivity index (χ4v) is 4.12. The van der Waals surface area contributed by atoms with Gasteiger partial charge in [-0.2, -0.15) is 0 Å². The van der Waals surface area contributed by atoms with Gasteiger partial charge < -0.3 is 65.3 Å². The Morgan fingerprint density at radius 3 is 1.46 bits per heavy atom. The Labute approximate surface area is 276 Å². The first-order valence-corrected chi connectivity index (χ1v) is 15.2. The van der Waals surface area contributed by atoms with E-state index in [0.29, 0.717) is 12.8 Å². The zero-order chi connectivity index (χ0) is 36.8. The molecule has 0 heterocycles. The molecule has 0 rings (SSSR count). The number of unbranched alkanes of at least 4 members (excludes halogenated alkanes) is 1. The molecule has 0 aromatic rings. The molecule has 272 valence electrons. The molecule has 0 fully saturated rings. The van der Waals surface area contributed by atoms with Crippen LogP contribution in [0, 0.1) is 0 Å². The maximum atomic E-state index is 13.4. The molecule has 0 bridgehead atoms. The number of nitrogens with zero attached hydrogens (tertiary/aromatic N) is 1. The summed E-state index contributed by atoms with van der Waals surface area (Å²) in [6, 6.07) is -7.09. The van der Waals surface area contributed by atoms with Crippen LogP contribution in [0.4, 0.5) is 0 Å². The normalized spacial score (nSPS) is 13.8. The zero-order valence-corrected chi connectivity index (χ0v) is 26.5. The maximum Gasteiger partial charge on any atom is 0.326 e. The molecule has 48 heavy (non-hydrogen) atoms. The molecule has 21 heteroatoms. The molecule has 0 spiro atoms. The standard InChI is InChI=1S/C27H48N10O11/c28-12-2-1-4-15(34-22(43)14(29)6-10-20(39)40)23(44)36-17(8-11-21(41)42)25(46)35-16(5-3-13-33-27(31)32)24(45)37-18(26(47)48)7-9-19(30)38/h14-18H,1-13,28-29H2,(H2,30,38)(H,34,43)(H,35,46)(H,36,44)(H,37,45)(H,39,40)(H,41,42)(H,47,48)(H4,31,32,33)/t14-,15-,16-,17-,18-/m0/s1. The smallest absolute Gasteiger partial charge is 0.326 e. The summed E-state index contributed by atoms with van der Waals surface area (Å²) in [4.78, 5) is 101. The van der Waals surface area contributed by atoms with Gasteiger partial charge >= 0.3 is 17.9 Å². The minimum atomic E-state index is -1.55. The van der Waals surface area contributed by atoms with Crippen LogP contribution in [0.2, 0.25) is 0 Å². The van der Waals surface area contributed by atoms with Gasteiger partial charge in [0, 0.05) is 25.8 Å². The maximum absolute atomic E-state index is 13.4. The number of carbonyl (C=O) groups is 8. The van der Waals surface area contributed by atoms with Crippen LogP contribution in [0.1, 0.15) is 70.6 Å². The van der Waals surface area contributed by atoms with Crippen LogP contribution in [0.25, 0.3) is 0 Å². The molecule has 5 atom stereocenters. The van der Waals surface area contributed by atoms with E-state index < -0.39 is 96.9 Å². The minimum absolute atomic E-state index is 0.0178. The molecule has 0 aliphatic carbocycles. The Morgan fingerprint density at radius 1 is 0.562 bits per heavy atom. The van der Waals surface area contributed by atoms with E-state index in [2.05, 4.69) is 26.3 Å². The summed E-state index contributed by atoms with van der Waals surface area (Å²) in [7, 11) is 0. The van der Waals surface area contributed by atoms with E-state index >= 15 is 0 Å². The van der Waals surface area contributed by atoms with Crippen LogP contribution in [0.15, 0.2) is 4.99 Å². The van der Waals surface area contributed by atoms with Gasteiger partial charge in [-0.25, -0.2) is 4.79 Å². The summed E-state index contributed by atoms with van der Waals surface area (Å²) < 4.78 is 0. The number of hydrogen-bond donors (Lipinski definition) is 12. The predicted octanol–water partition coefficient (Wildman–Crippen LogP) is -4.48. The molecule has 17 N–H and O–H groups in total. The lowest BCUT2D eigenvalue weighted by Crippen LogP contribution is -2.58. The molecule has 0 aromatic carbocycles. The van der Waals surface area contributed by atoms with Gasteiger partial charge in [0.05, 0.1) is 6.04 Å². The van der Waals surface area contributed by atoms with Crippen molar-refractivity contribution in [2.24, 2.45) is 33.7 Å². The fraction of sp³-hybridized carbons (Fsp3) is 0.667.